The minimum atomic E-state index is 0.0805. The lowest BCUT2D eigenvalue weighted by atomic mass is 10.2. The molecule has 0 aliphatic heterocycles. The summed E-state index contributed by atoms with van der Waals surface area (Å²) in [5, 5.41) is 5.93. The molecule has 0 aromatic heterocycles. The van der Waals surface area contributed by atoms with Crippen LogP contribution in [0.25, 0.3) is 0 Å². The molecule has 1 aromatic carbocycles. The lowest BCUT2D eigenvalue weighted by Crippen LogP contribution is -2.18. The largest absolute Gasteiger partial charge is 0.385 e. The molecule has 0 bridgehead atoms. The summed E-state index contributed by atoms with van der Waals surface area (Å²) in [4.78, 5) is 11.0. The zero-order valence-electron chi connectivity index (χ0n) is 10.5. The molecule has 0 fully saturated rings. The lowest BCUT2D eigenvalue weighted by Gasteiger charge is -2.11. The fraction of sp³-hybridized carbons (Fsp3) is 0.462. The standard InChI is InChI=1S/C13H20N2O2/c1-14-13(16)8-5-9-15-12-7-4-3-6-11(12)10-17-2/h3-4,6-7,15H,5,8-10H2,1-2H3,(H,14,16). The molecule has 17 heavy (non-hydrogen) atoms. The van der Waals surface area contributed by atoms with E-state index in [-0.39, 0.29) is 5.91 Å². The van der Waals surface area contributed by atoms with E-state index in [1.165, 1.54) is 0 Å². The van der Waals surface area contributed by atoms with E-state index in [0.717, 1.165) is 24.2 Å². The molecule has 0 radical (unpaired) electrons. The van der Waals surface area contributed by atoms with Crippen molar-refractivity contribution < 1.29 is 9.53 Å². The van der Waals surface area contributed by atoms with Crippen LogP contribution in [0.5, 0.6) is 0 Å². The van der Waals surface area contributed by atoms with Gasteiger partial charge in [0.15, 0.2) is 0 Å². The highest BCUT2D eigenvalue weighted by Crippen LogP contribution is 2.15. The number of anilines is 1. The number of carbonyl (C=O) groups is 1. The molecule has 0 saturated carbocycles. The summed E-state index contributed by atoms with van der Waals surface area (Å²) >= 11 is 0. The summed E-state index contributed by atoms with van der Waals surface area (Å²) in [7, 11) is 3.34. The number of rotatable bonds is 7. The van der Waals surface area contributed by atoms with Gasteiger partial charge in [0.05, 0.1) is 6.61 Å². The van der Waals surface area contributed by atoms with Crippen molar-refractivity contribution in [2.75, 3.05) is 26.0 Å². The van der Waals surface area contributed by atoms with E-state index in [4.69, 9.17) is 4.74 Å². The predicted molar refractivity (Wildman–Crippen MR) is 68.9 cm³/mol. The average Bonchev–Trinajstić information content (AvgIpc) is 2.36. The number of para-hydroxylation sites is 1. The van der Waals surface area contributed by atoms with Gasteiger partial charge in [-0.1, -0.05) is 18.2 Å². The Morgan fingerprint density at radius 2 is 2.12 bits per heavy atom. The van der Waals surface area contributed by atoms with Crippen LogP contribution < -0.4 is 10.6 Å². The van der Waals surface area contributed by atoms with Gasteiger partial charge >= 0.3 is 0 Å². The van der Waals surface area contributed by atoms with Gasteiger partial charge in [-0.3, -0.25) is 4.79 Å². The summed E-state index contributed by atoms with van der Waals surface area (Å²) in [6, 6.07) is 8.03. The highest BCUT2D eigenvalue weighted by atomic mass is 16.5. The van der Waals surface area contributed by atoms with Gasteiger partial charge in [0.25, 0.3) is 0 Å². The Morgan fingerprint density at radius 1 is 1.35 bits per heavy atom. The van der Waals surface area contributed by atoms with Crippen LogP contribution in [0, 0.1) is 0 Å². The van der Waals surface area contributed by atoms with Gasteiger partial charge in [0.1, 0.15) is 0 Å². The van der Waals surface area contributed by atoms with Crippen molar-refractivity contribution in [2.24, 2.45) is 0 Å². The van der Waals surface area contributed by atoms with Crippen LogP contribution in [0.4, 0.5) is 5.69 Å². The Kier molecular flexibility index (Phi) is 6.10. The third-order valence-electron chi connectivity index (χ3n) is 2.49. The molecule has 0 aliphatic rings. The Balaban J connectivity index is 2.38. The van der Waals surface area contributed by atoms with E-state index in [1.807, 2.05) is 24.3 Å². The van der Waals surface area contributed by atoms with Crippen molar-refractivity contribution >= 4 is 11.6 Å². The molecule has 0 spiro atoms. The monoisotopic (exact) mass is 236 g/mol. The molecule has 0 saturated heterocycles. The van der Waals surface area contributed by atoms with E-state index in [0.29, 0.717) is 13.0 Å². The highest BCUT2D eigenvalue weighted by Gasteiger charge is 2.01. The van der Waals surface area contributed by atoms with Crippen molar-refractivity contribution in [2.45, 2.75) is 19.4 Å². The minimum Gasteiger partial charge on any atom is -0.385 e. The number of amides is 1. The lowest BCUT2D eigenvalue weighted by molar-refractivity contribution is -0.120. The number of hydrogen-bond acceptors (Lipinski definition) is 3. The maximum Gasteiger partial charge on any atom is 0.219 e. The molecule has 1 aromatic rings. The summed E-state index contributed by atoms with van der Waals surface area (Å²) in [5.74, 6) is 0.0805. The average molecular weight is 236 g/mol. The Labute approximate surface area is 102 Å². The normalized spacial score (nSPS) is 10.0. The van der Waals surface area contributed by atoms with Crippen molar-refractivity contribution in [3.8, 4) is 0 Å². The molecule has 0 unspecified atom stereocenters. The molecular weight excluding hydrogens is 216 g/mol. The maximum absolute atomic E-state index is 11.0. The number of ether oxygens (including phenoxy) is 1. The van der Waals surface area contributed by atoms with Crippen molar-refractivity contribution in [3.05, 3.63) is 29.8 Å². The van der Waals surface area contributed by atoms with Gasteiger partial charge in [-0.2, -0.15) is 0 Å². The molecule has 4 heteroatoms. The van der Waals surface area contributed by atoms with Gasteiger partial charge in [-0.25, -0.2) is 0 Å². The first kappa shape index (κ1) is 13.5. The van der Waals surface area contributed by atoms with E-state index < -0.39 is 0 Å². The van der Waals surface area contributed by atoms with Crippen LogP contribution in [0.2, 0.25) is 0 Å². The first-order chi connectivity index (χ1) is 8.27. The van der Waals surface area contributed by atoms with E-state index in [9.17, 15) is 4.79 Å². The molecule has 0 aliphatic carbocycles. The quantitative estimate of drug-likeness (QED) is 0.709. The van der Waals surface area contributed by atoms with Crippen LogP contribution in [-0.4, -0.2) is 26.6 Å². The molecule has 1 rings (SSSR count). The van der Waals surface area contributed by atoms with Gasteiger partial charge in [0.2, 0.25) is 5.91 Å². The van der Waals surface area contributed by atoms with Crippen LogP contribution in [-0.2, 0) is 16.1 Å². The van der Waals surface area contributed by atoms with Crippen molar-refractivity contribution in [1.82, 2.24) is 5.32 Å². The van der Waals surface area contributed by atoms with E-state index >= 15 is 0 Å². The zero-order valence-corrected chi connectivity index (χ0v) is 10.5. The molecule has 4 nitrogen and oxygen atoms in total. The molecule has 1 amide bonds. The second kappa shape index (κ2) is 7.68. The molecule has 0 atom stereocenters. The third-order valence-corrected chi connectivity index (χ3v) is 2.49. The highest BCUT2D eigenvalue weighted by molar-refractivity contribution is 5.75. The topological polar surface area (TPSA) is 50.4 Å². The fourth-order valence-corrected chi connectivity index (χ4v) is 1.57. The van der Waals surface area contributed by atoms with Gasteiger partial charge in [-0.05, 0) is 12.5 Å². The third kappa shape index (κ3) is 4.87. The second-order valence-electron chi connectivity index (χ2n) is 3.79. The Morgan fingerprint density at radius 3 is 2.82 bits per heavy atom. The number of methoxy groups -OCH3 is 1. The predicted octanol–water partition coefficient (Wildman–Crippen LogP) is 1.77. The number of nitrogens with one attached hydrogen (secondary N) is 2. The zero-order chi connectivity index (χ0) is 12.5. The molecule has 94 valence electrons. The summed E-state index contributed by atoms with van der Waals surface area (Å²) < 4.78 is 5.13. The van der Waals surface area contributed by atoms with Crippen LogP contribution in [0.3, 0.4) is 0 Å². The molecule has 2 N–H and O–H groups in total. The minimum absolute atomic E-state index is 0.0805. The van der Waals surface area contributed by atoms with Crippen molar-refractivity contribution in [3.63, 3.8) is 0 Å². The van der Waals surface area contributed by atoms with Crippen molar-refractivity contribution in [1.29, 1.82) is 0 Å². The van der Waals surface area contributed by atoms with Gasteiger partial charge < -0.3 is 15.4 Å². The SMILES string of the molecule is CNC(=O)CCCNc1ccccc1COC. The molecular formula is C13H20N2O2. The first-order valence-corrected chi connectivity index (χ1v) is 5.79. The number of hydrogen-bond donors (Lipinski definition) is 2. The van der Waals surface area contributed by atoms with Crippen LogP contribution >= 0.6 is 0 Å². The van der Waals surface area contributed by atoms with Crippen LogP contribution in [0.1, 0.15) is 18.4 Å². The van der Waals surface area contributed by atoms with E-state index in [2.05, 4.69) is 10.6 Å². The van der Waals surface area contributed by atoms with Crippen LogP contribution in [0.15, 0.2) is 24.3 Å². The van der Waals surface area contributed by atoms with Gasteiger partial charge in [-0.15, -0.1) is 0 Å². The second-order valence-corrected chi connectivity index (χ2v) is 3.79. The Hall–Kier alpha value is -1.55. The summed E-state index contributed by atoms with van der Waals surface area (Å²) in [6.07, 6.45) is 1.37. The fourth-order valence-electron chi connectivity index (χ4n) is 1.57. The van der Waals surface area contributed by atoms with Gasteiger partial charge in [0, 0.05) is 38.4 Å². The smallest absolute Gasteiger partial charge is 0.219 e. The number of carbonyl (C=O) groups excluding carboxylic acids is 1. The number of benzene rings is 1. The van der Waals surface area contributed by atoms with E-state index in [1.54, 1.807) is 14.2 Å². The first-order valence-electron chi connectivity index (χ1n) is 5.79. The summed E-state index contributed by atoms with van der Waals surface area (Å²) in [5.41, 5.74) is 2.21. The summed E-state index contributed by atoms with van der Waals surface area (Å²) in [6.45, 7) is 1.38. The Bertz CT molecular complexity index is 353. The maximum atomic E-state index is 11.0. The molecule has 0 heterocycles.